The lowest BCUT2D eigenvalue weighted by molar-refractivity contribution is -0.127. The van der Waals surface area contributed by atoms with Crippen molar-refractivity contribution >= 4 is 27.7 Å². The SMILES string of the molecule is COC(=O)c1cc(O[C@H](C)C(=O)N[C@@H]2CCS(=O)(=O)C2)cc(C(=O)OC)c1. The van der Waals surface area contributed by atoms with E-state index in [4.69, 9.17) is 4.74 Å². The second-order valence-corrected chi connectivity index (χ2v) is 8.33. The molecule has 1 fully saturated rings. The fourth-order valence-electron chi connectivity index (χ4n) is 2.62. The van der Waals surface area contributed by atoms with Crippen molar-refractivity contribution < 1.29 is 37.0 Å². The number of sulfone groups is 1. The highest BCUT2D eigenvalue weighted by atomic mass is 32.2. The Labute approximate surface area is 156 Å². The quantitative estimate of drug-likeness (QED) is 0.679. The first kappa shape index (κ1) is 20.7. The summed E-state index contributed by atoms with van der Waals surface area (Å²) in [7, 11) is -0.732. The Morgan fingerprint density at radius 1 is 1.07 bits per heavy atom. The molecule has 0 aliphatic carbocycles. The molecule has 1 aromatic rings. The summed E-state index contributed by atoms with van der Waals surface area (Å²) in [6.45, 7) is 1.47. The molecule has 0 unspecified atom stereocenters. The Morgan fingerprint density at radius 2 is 1.63 bits per heavy atom. The first-order chi connectivity index (χ1) is 12.6. The van der Waals surface area contributed by atoms with Gasteiger partial charge in [-0.25, -0.2) is 18.0 Å². The van der Waals surface area contributed by atoms with Gasteiger partial charge < -0.3 is 19.5 Å². The highest BCUT2D eigenvalue weighted by molar-refractivity contribution is 7.91. The van der Waals surface area contributed by atoms with E-state index >= 15 is 0 Å². The van der Waals surface area contributed by atoms with E-state index in [-0.39, 0.29) is 28.4 Å². The predicted octanol–water partition coefficient (Wildman–Crippen LogP) is 0.330. The number of amides is 1. The summed E-state index contributed by atoms with van der Waals surface area (Å²) in [5.41, 5.74) is 0.120. The Bertz CT molecular complexity index is 814. The minimum atomic E-state index is -3.12. The minimum Gasteiger partial charge on any atom is -0.481 e. The van der Waals surface area contributed by atoms with E-state index in [2.05, 4.69) is 14.8 Å². The number of rotatable bonds is 6. The molecule has 2 atom stereocenters. The Hall–Kier alpha value is -2.62. The van der Waals surface area contributed by atoms with E-state index in [0.29, 0.717) is 6.42 Å². The van der Waals surface area contributed by atoms with Crippen LogP contribution in [0.3, 0.4) is 0 Å². The van der Waals surface area contributed by atoms with E-state index in [1.54, 1.807) is 0 Å². The summed E-state index contributed by atoms with van der Waals surface area (Å²) in [6.07, 6.45) is -0.628. The molecule has 1 amide bonds. The number of methoxy groups -OCH3 is 2. The molecule has 1 aromatic carbocycles. The molecule has 27 heavy (non-hydrogen) atoms. The average Bonchev–Trinajstić information content (AvgIpc) is 2.98. The maximum absolute atomic E-state index is 12.3. The van der Waals surface area contributed by atoms with Crippen LogP contribution in [0.4, 0.5) is 0 Å². The molecular weight excluding hydrogens is 378 g/mol. The third-order valence-corrected chi connectivity index (χ3v) is 5.78. The minimum absolute atomic E-state index is 0.0385. The lowest BCUT2D eigenvalue weighted by atomic mass is 10.1. The maximum atomic E-state index is 12.3. The molecule has 2 rings (SSSR count). The van der Waals surface area contributed by atoms with Crippen LogP contribution in [0.1, 0.15) is 34.1 Å². The lowest BCUT2D eigenvalue weighted by Gasteiger charge is -2.18. The Morgan fingerprint density at radius 3 is 2.07 bits per heavy atom. The van der Waals surface area contributed by atoms with Crippen molar-refractivity contribution in [1.29, 1.82) is 0 Å². The first-order valence-electron chi connectivity index (χ1n) is 8.14. The van der Waals surface area contributed by atoms with Crippen LogP contribution in [0, 0.1) is 0 Å². The van der Waals surface area contributed by atoms with Crippen LogP contribution in [0.15, 0.2) is 18.2 Å². The molecule has 1 aliphatic heterocycles. The molecule has 1 N–H and O–H groups in total. The van der Waals surface area contributed by atoms with Gasteiger partial charge in [0.25, 0.3) is 5.91 Å². The molecule has 0 radical (unpaired) electrons. The van der Waals surface area contributed by atoms with Gasteiger partial charge in [0.15, 0.2) is 15.9 Å². The van der Waals surface area contributed by atoms with Crippen molar-refractivity contribution in [3.05, 3.63) is 29.3 Å². The summed E-state index contributed by atoms with van der Waals surface area (Å²) < 4.78 is 37.8. The molecule has 9 nitrogen and oxygen atoms in total. The zero-order valence-electron chi connectivity index (χ0n) is 15.2. The number of carbonyl (C=O) groups is 3. The van der Waals surface area contributed by atoms with Crippen LogP contribution in [0.25, 0.3) is 0 Å². The van der Waals surface area contributed by atoms with Gasteiger partial charge in [-0.15, -0.1) is 0 Å². The molecule has 0 spiro atoms. The van der Waals surface area contributed by atoms with Crippen LogP contribution in [0.2, 0.25) is 0 Å². The third kappa shape index (κ3) is 5.43. The van der Waals surface area contributed by atoms with E-state index < -0.39 is 39.8 Å². The van der Waals surface area contributed by atoms with E-state index in [1.807, 2.05) is 0 Å². The maximum Gasteiger partial charge on any atom is 0.338 e. The summed E-state index contributed by atoms with van der Waals surface area (Å²) in [5.74, 6) is -1.83. The summed E-state index contributed by atoms with van der Waals surface area (Å²) in [5, 5.41) is 2.63. The number of ether oxygens (including phenoxy) is 3. The highest BCUT2D eigenvalue weighted by Crippen LogP contribution is 2.20. The fourth-order valence-corrected chi connectivity index (χ4v) is 4.30. The number of hydrogen-bond donors (Lipinski definition) is 1. The van der Waals surface area contributed by atoms with Gasteiger partial charge in [-0.3, -0.25) is 4.79 Å². The molecule has 10 heteroatoms. The number of carbonyl (C=O) groups excluding carboxylic acids is 3. The lowest BCUT2D eigenvalue weighted by Crippen LogP contribution is -2.43. The fraction of sp³-hybridized carbons (Fsp3) is 0.471. The van der Waals surface area contributed by atoms with Crippen LogP contribution in [0.5, 0.6) is 5.75 Å². The predicted molar refractivity (Wildman–Crippen MR) is 94.4 cm³/mol. The van der Waals surface area contributed by atoms with E-state index in [0.717, 1.165) is 0 Å². The summed E-state index contributed by atoms with van der Waals surface area (Å²) in [6, 6.07) is 3.50. The summed E-state index contributed by atoms with van der Waals surface area (Å²) >= 11 is 0. The zero-order chi connectivity index (χ0) is 20.2. The number of benzene rings is 1. The van der Waals surface area contributed by atoms with Crippen molar-refractivity contribution in [2.75, 3.05) is 25.7 Å². The highest BCUT2D eigenvalue weighted by Gasteiger charge is 2.30. The first-order valence-corrected chi connectivity index (χ1v) is 9.96. The Kier molecular flexibility index (Phi) is 6.42. The van der Waals surface area contributed by atoms with Crippen LogP contribution >= 0.6 is 0 Å². The number of esters is 2. The van der Waals surface area contributed by atoms with Crippen molar-refractivity contribution in [3.8, 4) is 5.75 Å². The molecule has 1 aliphatic rings. The Balaban J connectivity index is 2.13. The van der Waals surface area contributed by atoms with E-state index in [9.17, 15) is 22.8 Å². The molecular formula is C17H21NO8S. The van der Waals surface area contributed by atoms with Crippen molar-refractivity contribution in [2.24, 2.45) is 0 Å². The van der Waals surface area contributed by atoms with Crippen LogP contribution in [-0.4, -0.2) is 64.1 Å². The standard InChI is InChI=1S/C17H21NO8S/c1-10(15(19)18-13-4-5-27(22,23)9-13)26-14-7-11(16(20)24-2)6-12(8-14)17(21)25-3/h6-8,10,13H,4-5,9H2,1-3H3,(H,18,19)/t10-,13-/m1/s1. The van der Waals surface area contributed by atoms with Crippen LogP contribution in [-0.2, 0) is 24.1 Å². The topological polar surface area (TPSA) is 125 Å². The van der Waals surface area contributed by atoms with Gasteiger partial charge in [0.2, 0.25) is 0 Å². The van der Waals surface area contributed by atoms with Crippen molar-refractivity contribution in [2.45, 2.75) is 25.5 Å². The normalized spacial score (nSPS) is 19.0. The van der Waals surface area contributed by atoms with Gasteiger partial charge >= 0.3 is 11.9 Å². The third-order valence-electron chi connectivity index (χ3n) is 4.01. The monoisotopic (exact) mass is 399 g/mol. The second-order valence-electron chi connectivity index (χ2n) is 6.10. The molecule has 0 bridgehead atoms. The molecule has 0 saturated carbocycles. The van der Waals surface area contributed by atoms with E-state index in [1.165, 1.54) is 39.3 Å². The van der Waals surface area contributed by atoms with Gasteiger partial charge in [0, 0.05) is 6.04 Å². The van der Waals surface area contributed by atoms with Gasteiger partial charge in [0.1, 0.15) is 5.75 Å². The van der Waals surface area contributed by atoms with Gasteiger partial charge in [-0.1, -0.05) is 0 Å². The second kappa shape index (κ2) is 8.38. The zero-order valence-corrected chi connectivity index (χ0v) is 16.0. The smallest absolute Gasteiger partial charge is 0.338 e. The molecule has 1 saturated heterocycles. The largest absolute Gasteiger partial charge is 0.481 e. The average molecular weight is 399 g/mol. The van der Waals surface area contributed by atoms with Gasteiger partial charge in [0.05, 0.1) is 36.9 Å². The van der Waals surface area contributed by atoms with Crippen molar-refractivity contribution in [1.82, 2.24) is 5.32 Å². The van der Waals surface area contributed by atoms with Crippen LogP contribution < -0.4 is 10.1 Å². The molecule has 148 valence electrons. The number of hydrogen-bond acceptors (Lipinski definition) is 8. The van der Waals surface area contributed by atoms with Gasteiger partial charge in [-0.05, 0) is 31.5 Å². The summed E-state index contributed by atoms with van der Waals surface area (Å²) in [4.78, 5) is 35.8. The van der Waals surface area contributed by atoms with Crippen molar-refractivity contribution in [3.63, 3.8) is 0 Å². The van der Waals surface area contributed by atoms with Gasteiger partial charge in [-0.2, -0.15) is 0 Å². The molecule has 1 heterocycles. The number of nitrogens with one attached hydrogen (secondary N) is 1. The molecule has 0 aromatic heterocycles.